The number of rotatable bonds is 14. The molecule has 0 aliphatic heterocycles. The van der Waals surface area contributed by atoms with E-state index in [1.165, 1.54) is 6.92 Å². The van der Waals surface area contributed by atoms with Crippen molar-refractivity contribution in [1.82, 2.24) is 0 Å². The molecule has 0 aromatic carbocycles. The summed E-state index contributed by atoms with van der Waals surface area (Å²) in [5.74, 6) is -1.35. The van der Waals surface area contributed by atoms with E-state index in [-0.39, 0.29) is 39.4 Å². The van der Waals surface area contributed by atoms with Gasteiger partial charge in [0.05, 0.1) is 32.1 Å². The SMILES string of the molecule is CCOP(=O)(OCC)C(C)CC([N+](O)(O)CC)P(=O)(OCC)OCC. The number of hydrogen-bond acceptors (Lipinski definition) is 8. The number of quaternary nitrogens is 1. The molecule has 0 saturated heterocycles. The van der Waals surface area contributed by atoms with Gasteiger partial charge in [-0.25, -0.2) is 0 Å². The minimum Gasteiger partial charge on any atom is -0.309 e. The van der Waals surface area contributed by atoms with Gasteiger partial charge in [-0.05, 0) is 39.4 Å². The van der Waals surface area contributed by atoms with Gasteiger partial charge in [0, 0.05) is 6.42 Å². The van der Waals surface area contributed by atoms with Gasteiger partial charge >= 0.3 is 15.2 Å². The van der Waals surface area contributed by atoms with E-state index in [9.17, 15) is 19.5 Å². The zero-order chi connectivity index (χ0) is 19.7. The summed E-state index contributed by atoms with van der Waals surface area (Å²) in [6.07, 6.45) is -0.143. The van der Waals surface area contributed by atoms with Crippen LogP contribution in [0, 0.1) is 0 Å². The molecule has 9 nitrogen and oxygen atoms in total. The van der Waals surface area contributed by atoms with Crippen LogP contribution in [0.5, 0.6) is 0 Å². The quantitative estimate of drug-likeness (QED) is 0.250. The molecule has 152 valence electrons. The van der Waals surface area contributed by atoms with E-state index in [1.54, 1.807) is 34.6 Å². The molecule has 25 heavy (non-hydrogen) atoms. The van der Waals surface area contributed by atoms with Crippen molar-refractivity contribution in [3.63, 3.8) is 0 Å². The van der Waals surface area contributed by atoms with Crippen molar-refractivity contribution in [2.24, 2.45) is 0 Å². The molecular formula is C14H34NO8P2+. The van der Waals surface area contributed by atoms with Gasteiger partial charge in [0.25, 0.3) is 5.78 Å². The predicted octanol–water partition coefficient (Wildman–Crippen LogP) is 4.24. The number of hydroxylamine groups is 4. The second kappa shape index (κ2) is 11.1. The van der Waals surface area contributed by atoms with Gasteiger partial charge in [-0.3, -0.25) is 9.13 Å². The largest absolute Gasteiger partial charge is 0.393 e. The minimum atomic E-state index is -3.89. The van der Waals surface area contributed by atoms with Gasteiger partial charge in [0.1, 0.15) is 6.54 Å². The Morgan fingerprint density at radius 3 is 1.48 bits per heavy atom. The Bertz CT molecular complexity index is 454. The zero-order valence-electron chi connectivity index (χ0n) is 16.1. The van der Waals surface area contributed by atoms with Crippen LogP contribution >= 0.6 is 15.2 Å². The maximum Gasteiger partial charge on any atom is 0.393 e. The van der Waals surface area contributed by atoms with Crippen molar-refractivity contribution < 1.29 is 42.4 Å². The second-order valence-corrected chi connectivity index (χ2v) is 10.1. The smallest absolute Gasteiger partial charge is 0.309 e. The molecule has 0 fully saturated rings. The van der Waals surface area contributed by atoms with Gasteiger partial charge in [0.2, 0.25) is 0 Å². The molecule has 0 aromatic rings. The van der Waals surface area contributed by atoms with E-state index in [0.29, 0.717) is 0 Å². The predicted molar refractivity (Wildman–Crippen MR) is 94.0 cm³/mol. The summed E-state index contributed by atoms with van der Waals surface area (Å²) in [4.78, 5) is -1.57. The third kappa shape index (κ3) is 7.01. The van der Waals surface area contributed by atoms with Gasteiger partial charge in [0.15, 0.2) is 0 Å². The van der Waals surface area contributed by atoms with Crippen molar-refractivity contribution in [3.8, 4) is 0 Å². The van der Waals surface area contributed by atoms with E-state index >= 15 is 0 Å². The standard InChI is InChI=1S/C14H34NO8P2/c1-7-15(16,17)14(25(19,22-10-4)23-11-5)12-13(6)24(18,20-8-2)21-9-3/h13-14,16-17H,7-12H2,1-6H3/q+1. The molecule has 2 unspecified atom stereocenters. The van der Waals surface area contributed by atoms with Crippen molar-refractivity contribution in [1.29, 1.82) is 0 Å². The summed E-state index contributed by atoms with van der Waals surface area (Å²) in [7, 11) is -7.41. The first-order valence-electron chi connectivity index (χ1n) is 8.67. The third-order valence-electron chi connectivity index (χ3n) is 3.64. The lowest BCUT2D eigenvalue weighted by Crippen LogP contribution is -2.51. The average Bonchev–Trinajstić information content (AvgIpc) is 2.53. The lowest BCUT2D eigenvalue weighted by atomic mass is 10.3. The van der Waals surface area contributed by atoms with Crippen LogP contribution in [0.2, 0.25) is 0 Å². The van der Waals surface area contributed by atoms with Crippen LogP contribution in [0.4, 0.5) is 0 Å². The Labute approximate surface area is 150 Å². The lowest BCUT2D eigenvalue weighted by molar-refractivity contribution is -1.25. The molecule has 0 aromatic heterocycles. The normalized spacial score (nSPS) is 16.0. The first-order chi connectivity index (χ1) is 11.6. The van der Waals surface area contributed by atoms with Gasteiger partial charge < -0.3 is 18.1 Å². The monoisotopic (exact) mass is 406 g/mol. The summed E-state index contributed by atoms with van der Waals surface area (Å²) in [5, 5.41) is 20.7. The fraction of sp³-hybridized carbons (Fsp3) is 1.00. The first-order valence-corrected chi connectivity index (χ1v) is 11.9. The number of nitrogens with zero attached hydrogens (tertiary/aromatic N) is 1. The highest BCUT2D eigenvalue weighted by molar-refractivity contribution is 7.55. The van der Waals surface area contributed by atoms with E-state index in [2.05, 4.69) is 0 Å². The van der Waals surface area contributed by atoms with Crippen molar-refractivity contribution >= 4 is 15.2 Å². The molecule has 0 bridgehead atoms. The Kier molecular flexibility index (Phi) is 11.2. The highest BCUT2D eigenvalue weighted by Gasteiger charge is 2.53. The molecule has 2 atom stereocenters. The molecule has 0 aliphatic carbocycles. The minimum absolute atomic E-state index is 0.0699. The van der Waals surface area contributed by atoms with Crippen LogP contribution in [0.25, 0.3) is 0 Å². The van der Waals surface area contributed by atoms with E-state index < -0.39 is 31.4 Å². The Hall–Kier alpha value is 0.180. The zero-order valence-corrected chi connectivity index (χ0v) is 17.9. The van der Waals surface area contributed by atoms with Crippen molar-refractivity contribution in [2.45, 2.75) is 59.4 Å². The van der Waals surface area contributed by atoms with Crippen LogP contribution in [0.3, 0.4) is 0 Å². The van der Waals surface area contributed by atoms with E-state index in [0.717, 1.165) is 0 Å². The van der Waals surface area contributed by atoms with Gasteiger partial charge in [-0.2, -0.15) is 10.4 Å². The van der Waals surface area contributed by atoms with Gasteiger partial charge in [-0.1, -0.05) is 6.92 Å². The summed E-state index contributed by atoms with van der Waals surface area (Å²) in [5.41, 5.74) is -0.741. The van der Waals surface area contributed by atoms with Crippen molar-refractivity contribution in [2.75, 3.05) is 33.0 Å². The molecule has 0 saturated carbocycles. The van der Waals surface area contributed by atoms with Crippen LogP contribution in [0.1, 0.15) is 48.0 Å². The molecule has 0 heterocycles. The molecule has 0 rings (SSSR count). The average molecular weight is 406 g/mol. The lowest BCUT2D eigenvalue weighted by Gasteiger charge is -2.35. The summed E-state index contributed by atoms with van der Waals surface area (Å²) in [6, 6.07) is 0. The van der Waals surface area contributed by atoms with Crippen LogP contribution in [-0.2, 0) is 27.2 Å². The van der Waals surface area contributed by atoms with Crippen molar-refractivity contribution in [3.05, 3.63) is 0 Å². The fourth-order valence-electron chi connectivity index (χ4n) is 2.39. The third-order valence-corrected chi connectivity index (χ3v) is 8.71. The topological polar surface area (TPSA) is 112 Å². The van der Waals surface area contributed by atoms with Gasteiger partial charge in [-0.15, -0.1) is 0 Å². The highest BCUT2D eigenvalue weighted by Crippen LogP contribution is 2.61. The Balaban J connectivity index is 5.79. The molecule has 0 aliphatic rings. The van der Waals surface area contributed by atoms with E-state index in [4.69, 9.17) is 18.1 Å². The summed E-state index contributed by atoms with van der Waals surface area (Å²) in [6.45, 7) is 10.1. The first kappa shape index (κ1) is 25.2. The summed E-state index contributed by atoms with van der Waals surface area (Å²) >= 11 is 0. The fourth-order valence-corrected chi connectivity index (χ4v) is 6.65. The maximum absolute atomic E-state index is 13.1. The Morgan fingerprint density at radius 2 is 1.16 bits per heavy atom. The van der Waals surface area contributed by atoms with Crippen LogP contribution in [-0.4, -0.2) is 59.6 Å². The Morgan fingerprint density at radius 1 is 0.800 bits per heavy atom. The molecule has 0 spiro atoms. The molecule has 11 heteroatoms. The second-order valence-electron chi connectivity index (χ2n) is 5.42. The molecule has 0 radical (unpaired) electrons. The maximum atomic E-state index is 13.1. The van der Waals surface area contributed by atoms with E-state index in [1.807, 2.05) is 0 Å². The van der Waals surface area contributed by atoms with Crippen LogP contribution in [0.15, 0.2) is 0 Å². The summed E-state index contributed by atoms with van der Waals surface area (Å²) < 4.78 is 47.2. The molecular weight excluding hydrogens is 372 g/mol. The molecule has 2 N–H and O–H groups in total. The number of hydrogen-bond donors (Lipinski definition) is 2. The van der Waals surface area contributed by atoms with Crippen LogP contribution < -0.4 is 0 Å². The molecule has 0 amide bonds. The highest BCUT2D eigenvalue weighted by atomic mass is 31.2.